The van der Waals surface area contributed by atoms with Gasteiger partial charge in [-0.05, 0) is 77.9 Å². The Morgan fingerprint density at radius 3 is 1.98 bits per heavy atom. The Balaban J connectivity index is 1.34. The smallest absolute Gasteiger partial charge is 0.337 e. The maximum Gasteiger partial charge on any atom is 0.337 e. The number of carboxylic acid groups (broad SMARTS) is 1. The molecule has 5 aromatic rings. The number of aromatic carboxylic acids is 1. The Bertz CT molecular complexity index is 1990. The summed E-state index contributed by atoms with van der Waals surface area (Å²) >= 11 is 13.6. The second-order valence-electron chi connectivity index (χ2n) is 10.3. The first kappa shape index (κ1) is 34.0. The molecule has 0 fully saturated rings. The number of carbonyl (C=O) groups is 4. The summed E-state index contributed by atoms with van der Waals surface area (Å²) in [6.07, 6.45) is 1.51. The fourth-order valence-electron chi connectivity index (χ4n) is 4.52. The summed E-state index contributed by atoms with van der Waals surface area (Å²) in [6.45, 7) is 0. The molecule has 0 saturated carbocycles. The first-order valence-corrected chi connectivity index (χ1v) is 16.1. The van der Waals surface area contributed by atoms with E-state index < -0.39 is 23.0 Å². The van der Waals surface area contributed by atoms with E-state index in [4.69, 9.17) is 23.2 Å². The number of rotatable bonds is 11. The lowest BCUT2D eigenvalue weighted by atomic mass is 10.1. The Labute approximate surface area is 290 Å². The lowest BCUT2D eigenvalue weighted by Crippen LogP contribution is -2.30. The number of benzene rings is 5. The minimum Gasteiger partial charge on any atom is -0.478 e. The van der Waals surface area contributed by atoms with Gasteiger partial charge in [-0.3, -0.25) is 14.4 Å². The predicted molar refractivity (Wildman–Crippen MR) is 190 cm³/mol. The van der Waals surface area contributed by atoms with Crippen molar-refractivity contribution in [3.05, 3.63) is 165 Å². The summed E-state index contributed by atoms with van der Waals surface area (Å²) in [6, 6.07) is 35.8. The molecule has 0 heterocycles. The van der Waals surface area contributed by atoms with Crippen LogP contribution < -0.4 is 16.0 Å². The fourth-order valence-corrected chi connectivity index (χ4v) is 5.93. The van der Waals surface area contributed by atoms with E-state index in [9.17, 15) is 24.3 Å². The number of hydrogen-bond acceptors (Lipinski definition) is 5. The van der Waals surface area contributed by atoms with Crippen molar-refractivity contribution in [1.82, 2.24) is 5.32 Å². The van der Waals surface area contributed by atoms with Crippen LogP contribution in [0, 0.1) is 0 Å². The Morgan fingerprint density at radius 2 is 1.31 bits per heavy atom. The van der Waals surface area contributed by atoms with E-state index in [2.05, 4.69) is 16.0 Å². The average Bonchev–Trinajstić information content (AvgIpc) is 3.10. The summed E-state index contributed by atoms with van der Waals surface area (Å²) < 4.78 is 0. The van der Waals surface area contributed by atoms with Crippen LogP contribution in [-0.4, -0.2) is 28.8 Å². The highest BCUT2D eigenvalue weighted by atomic mass is 35.5. The van der Waals surface area contributed by atoms with E-state index in [0.29, 0.717) is 27.5 Å². The molecule has 240 valence electrons. The van der Waals surface area contributed by atoms with Gasteiger partial charge in [-0.1, -0.05) is 89.9 Å². The standard InChI is InChI=1S/C37H27Cl2N3O5S/c38-30-14-8-7-13-25(30)21-32(42-34(43)24-11-5-2-6-12-24)35(44)40-26-15-18-28(19-16-26)48-33(23-9-3-1-4-10-23)36(45)41-27-17-20-31(39)29(22-27)37(46)47/h1-22,33H,(H,40,44)(H,41,45)(H,42,43)(H,46,47)/b32-21-. The molecule has 11 heteroatoms. The van der Waals surface area contributed by atoms with Crippen LogP contribution in [0.25, 0.3) is 6.08 Å². The molecule has 5 rings (SSSR count). The third-order valence-corrected chi connectivity index (χ3v) is 8.84. The average molecular weight is 697 g/mol. The maximum absolute atomic E-state index is 13.5. The lowest BCUT2D eigenvalue weighted by Gasteiger charge is -2.18. The maximum atomic E-state index is 13.5. The van der Waals surface area contributed by atoms with Crippen LogP contribution in [0.2, 0.25) is 10.0 Å². The Hall–Kier alpha value is -5.35. The molecule has 0 aliphatic rings. The second kappa shape index (κ2) is 16.0. The number of anilines is 2. The molecule has 0 radical (unpaired) electrons. The molecule has 0 spiro atoms. The second-order valence-corrected chi connectivity index (χ2v) is 12.3. The van der Waals surface area contributed by atoms with Crippen LogP contribution in [0.15, 0.2) is 138 Å². The fraction of sp³-hybridized carbons (Fsp3) is 0.0270. The number of nitrogens with one attached hydrogen (secondary N) is 3. The SMILES string of the molecule is O=C(Nc1ccc(SC(C(=O)Nc2ccc(Cl)c(C(=O)O)c2)c2ccccc2)cc1)/C(=C/c1ccccc1Cl)NC(=O)c1ccccc1. The molecule has 4 N–H and O–H groups in total. The summed E-state index contributed by atoms with van der Waals surface area (Å²) in [5, 5.41) is 17.5. The third kappa shape index (κ3) is 8.92. The monoisotopic (exact) mass is 695 g/mol. The van der Waals surface area contributed by atoms with E-state index in [0.717, 1.165) is 10.5 Å². The van der Waals surface area contributed by atoms with E-state index in [1.54, 1.807) is 78.9 Å². The Kier molecular flexibility index (Phi) is 11.3. The van der Waals surface area contributed by atoms with Crippen LogP contribution in [0.5, 0.6) is 0 Å². The zero-order valence-corrected chi connectivity index (χ0v) is 27.4. The molecule has 3 amide bonds. The van der Waals surface area contributed by atoms with Crippen molar-refractivity contribution in [1.29, 1.82) is 0 Å². The van der Waals surface area contributed by atoms with Crippen LogP contribution >= 0.6 is 35.0 Å². The van der Waals surface area contributed by atoms with Gasteiger partial charge < -0.3 is 21.1 Å². The largest absolute Gasteiger partial charge is 0.478 e. The van der Waals surface area contributed by atoms with Gasteiger partial charge in [-0.2, -0.15) is 0 Å². The number of carboxylic acids is 1. The summed E-state index contributed by atoms with van der Waals surface area (Å²) in [5.41, 5.74) is 2.27. The molecule has 0 aromatic heterocycles. The summed E-state index contributed by atoms with van der Waals surface area (Å²) in [5.74, 6) is -2.60. The molecule has 48 heavy (non-hydrogen) atoms. The van der Waals surface area contributed by atoms with E-state index in [1.165, 1.54) is 36.0 Å². The van der Waals surface area contributed by atoms with Gasteiger partial charge >= 0.3 is 5.97 Å². The van der Waals surface area contributed by atoms with Gasteiger partial charge in [0, 0.05) is 26.9 Å². The van der Waals surface area contributed by atoms with Crippen molar-refractivity contribution in [2.45, 2.75) is 10.1 Å². The molecule has 0 bridgehead atoms. The highest BCUT2D eigenvalue weighted by molar-refractivity contribution is 8.00. The minimum absolute atomic E-state index is 0.00975. The minimum atomic E-state index is -1.21. The van der Waals surface area contributed by atoms with Gasteiger partial charge in [-0.15, -0.1) is 11.8 Å². The number of thioether (sulfide) groups is 1. The number of carbonyl (C=O) groups excluding carboxylic acids is 3. The normalized spacial score (nSPS) is 11.7. The van der Waals surface area contributed by atoms with Crippen molar-refractivity contribution in [3.8, 4) is 0 Å². The van der Waals surface area contributed by atoms with Gasteiger partial charge in [0.1, 0.15) is 10.9 Å². The molecule has 1 unspecified atom stereocenters. The van der Waals surface area contributed by atoms with Gasteiger partial charge in [0.25, 0.3) is 11.8 Å². The molecule has 0 saturated heterocycles. The van der Waals surface area contributed by atoms with Crippen LogP contribution in [-0.2, 0) is 9.59 Å². The number of halogens is 2. The molecule has 0 aliphatic heterocycles. The molecular weight excluding hydrogens is 669 g/mol. The molecule has 8 nitrogen and oxygen atoms in total. The topological polar surface area (TPSA) is 125 Å². The molecule has 1 atom stereocenters. The van der Waals surface area contributed by atoms with Gasteiger partial charge in [0.2, 0.25) is 5.91 Å². The molecule has 5 aromatic carbocycles. The van der Waals surface area contributed by atoms with Crippen molar-refractivity contribution in [3.63, 3.8) is 0 Å². The van der Waals surface area contributed by atoms with Crippen molar-refractivity contribution in [2.75, 3.05) is 10.6 Å². The van der Waals surface area contributed by atoms with Gasteiger partial charge in [-0.25, -0.2) is 4.79 Å². The zero-order valence-electron chi connectivity index (χ0n) is 25.0. The highest BCUT2D eigenvalue weighted by Gasteiger charge is 2.23. The molecular formula is C37H27Cl2N3O5S. The summed E-state index contributed by atoms with van der Waals surface area (Å²) in [4.78, 5) is 52.2. The number of hydrogen-bond donors (Lipinski definition) is 4. The van der Waals surface area contributed by atoms with E-state index >= 15 is 0 Å². The highest BCUT2D eigenvalue weighted by Crippen LogP contribution is 2.37. The van der Waals surface area contributed by atoms with Gasteiger partial charge in [0.05, 0.1) is 10.6 Å². The first-order chi connectivity index (χ1) is 23.2. The number of amides is 3. The molecule has 0 aliphatic carbocycles. The van der Waals surface area contributed by atoms with Gasteiger partial charge in [0.15, 0.2) is 0 Å². The van der Waals surface area contributed by atoms with E-state index in [1.807, 2.05) is 30.3 Å². The van der Waals surface area contributed by atoms with Crippen LogP contribution in [0.3, 0.4) is 0 Å². The van der Waals surface area contributed by atoms with E-state index in [-0.39, 0.29) is 22.2 Å². The zero-order chi connectivity index (χ0) is 34.0. The lowest BCUT2D eigenvalue weighted by molar-refractivity contribution is -0.116. The van der Waals surface area contributed by atoms with Crippen LogP contribution in [0.4, 0.5) is 11.4 Å². The predicted octanol–water partition coefficient (Wildman–Crippen LogP) is 8.57. The first-order valence-electron chi connectivity index (χ1n) is 14.5. The third-order valence-electron chi connectivity index (χ3n) is 6.90. The van der Waals surface area contributed by atoms with Crippen LogP contribution in [0.1, 0.15) is 37.1 Å². The van der Waals surface area contributed by atoms with Crippen molar-refractivity contribution >= 4 is 76.1 Å². The van der Waals surface area contributed by atoms with Crippen molar-refractivity contribution in [2.24, 2.45) is 0 Å². The quantitative estimate of drug-likeness (QED) is 0.0811. The summed E-state index contributed by atoms with van der Waals surface area (Å²) in [7, 11) is 0. The van der Waals surface area contributed by atoms with Crippen molar-refractivity contribution < 1.29 is 24.3 Å². The Morgan fingerprint density at radius 1 is 0.688 bits per heavy atom.